The average Bonchev–Trinajstić information content (AvgIpc) is 3.41. The molecule has 1 fully saturated rings. The second-order valence-corrected chi connectivity index (χ2v) is 21.4. The molecule has 11 nitrogen and oxygen atoms in total. The summed E-state index contributed by atoms with van der Waals surface area (Å²) < 4.78 is 17.6. The maximum atomic E-state index is 13.4. The number of ether oxygens (including phenoxy) is 3. The number of carbonyl (C=O) groups excluding carboxylic acids is 2. The predicted octanol–water partition coefficient (Wildman–Crippen LogP) is 14.6. The average molecular weight is 1060 g/mol. The largest absolute Gasteiger partial charge is 0.454 e. The fourth-order valence-corrected chi connectivity index (χ4v) is 9.46. The first-order valence-electron chi connectivity index (χ1n) is 31.1. The molecule has 1 saturated heterocycles. The van der Waals surface area contributed by atoms with Crippen LogP contribution < -0.4 is 5.32 Å². The monoisotopic (exact) mass is 1060 g/mol. The minimum absolute atomic E-state index is 0.111. The van der Waals surface area contributed by atoms with Crippen molar-refractivity contribution in [2.24, 2.45) is 0 Å². The number of carbonyl (C=O) groups is 2. The van der Waals surface area contributed by atoms with Crippen molar-refractivity contribution >= 4 is 11.9 Å². The Hall–Kier alpha value is -2.64. The van der Waals surface area contributed by atoms with E-state index in [0.717, 1.165) is 103 Å². The van der Waals surface area contributed by atoms with Crippen molar-refractivity contribution < 1.29 is 49.3 Å². The van der Waals surface area contributed by atoms with E-state index in [1.54, 1.807) is 6.08 Å². The smallest absolute Gasteiger partial charge is 0.306 e. The summed E-state index contributed by atoms with van der Waals surface area (Å²) in [5.74, 6) is -1.20. The quantitative estimate of drug-likeness (QED) is 0.0195. The number of rotatable bonds is 52. The lowest BCUT2D eigenvalue weighted by Crippen LogP contribution is -2.61. The van der Waals surface area contributed by atoms with E-state index >= 15 is 0 Å². The Morgan fingerprint density at radius 3 is 1.40 bits per heavy atom. The Bertz CT molecular complexity index is 1450. The van der Waals surface area contributed by atoms with Crippen LogP contribution in [0.3, 0.4) is 0 Å². The molecule has 0 aromatic rings. The van der Waals surface area contributed by atoms with Crippen LogP contribution in [-0.2, 0) is 23.8 Å². The van der Waals surface area contributed by atoms with Crippen LogP contribution in [0.25, 0.3) is 0 Å². The molecule has 0 aromatic heterocycles. The summed E-state index contributed by atoms with van der Waals surface area (Å²) in [6.45, 7) is 5.74. The van der Waals surface area contributed by atoms with Crippen molar-refractivity contribution in [1.29, 1.82) is 0 Å². The maximum Gasteiger partial charge on any atom is 0.306 e. The number of unbranched alkanes of at least 4 members (excludes halogenated alkanes) is 30. The fraction of sp³-hybridized carbons (Fsp3) is 0.812. The third kappa shape index (κ3) is 40.2. The minimum Gasteiger partial charge on any atom is -0.454 e. The number of esters is 1. The molecule has 1 aliphatic heterocycles. The van der Waals surface area contributed by atoms with E-state index in [2.05, 4.69) is 74.7 Å². The van der Waals surface area contributed by atoms with E-state index in [0.29, 0.717) is 19.3 Å². The Morgan fingerprint density at radius 2 is 0.920 bits per heavy atom. The summed E-state index contributed by atoms with van der Waals surface area (Å²) in [6.07, 6.45) is 54.0. The summed E-state index contributed by atoms with van der Waals surface area (Å²) in [5, 5.41) is 56.9. The number of hydrogen-bond donors (Lipinski definition) is 6. The first kappa shape index (κ1) is 70.4. The second-order valence-electron chi connectivity index (χ2n) is 21.4. The molecule has 1 aliphatic rings. The fourth-order valence-electron chi connectivity index (χ4n) is 9.46. The van der Waals surface area contributed by atoms with E-state index in [1.807, 2.05) is 6.08 Å². The molecule has 1 heterocycles. The maximum absolute atomic E-state index is 13.4. The van der Waals surface area contributed by atoms with Gasteiger partial charge in [0.15, 0.2) is 12.4 Å². The zero-order chi connectivity index (χ0) is 54.7. The normalized spacial score (nSPS) is 19.6. The molecule has 8 unspecified atom stereocenters. The predicted molar refractivity (Wildman–Crippen MR) is 310 cm³/mol. The number of aliphatic hydroxyl groups excluding tert-OH is 5. The van der Waals surface area contributed by atoms with Crippen molar-refractivity contribution in [2.75, 3.05) is 13.2 Å². The lowest BCUT2D eigenvalue weighted by molar-refractivity contribution is -0.305. The van der Waals surface area contributed by atoms with Gasteiger partial charge < -0.3 is 45.1 Å². The van der Waals surface area contributed by atoms with Gasteiger partial charge in [0.25, 0.3) is 0 Å². The van der Waals surface area contributed by atoms with Gasteiger partial charge in [0, 0.05) is 6.42 Å². The van der Waals surface area contributed by atoms with Crippen LogP contribution >= 0.6 is 0 Å². The number of nitrogens with one attached hydrogen (secondary N) is 1. The second kappa shape index (κ2) is 52.1. The molecule has 1 rings (SSSR count). The summed E-state index contributed by atoms with van der Waals surface area (Å²) in [4.78, 5) is 26.5. The van der Waals surface area contributed by atoms with Crippen LogP contribution in [0.1, 0.15) is 271 Å². The SMILES string of the molecule is CCCCC/C=C\C/C=C\C/C=C\C/C=C\CCCCCCCCCC(=O)OC1C(OCC(NC(=O)C(O)CCCCCCCCCCCC)C(O)/C=C/CCCCCCCCCCCCC)OC(CO)C(O)C1O. The molecule has 6 N–H and O–H groups in total. The van der Waals surface area contributed by atoms with Crippen LogP contribution in [0.15, 0.2) is 60.8 Å². The van der Waals surface area contributed by atoms with Gasteiger partial charge in [-0.3, -0.25) is 9.59 Å². The van der Waals surface area contributed by atoms with Gasteiger partial charge in [-0.1, -0.05) is 255 Å². The number of hydrogen-bond acceptors (Lipinski definition) is 10. The molecule has 0 aliphatic carbocycles. The molecule has 0 bridgehead atoms. The van der Waals surface area contributed by atoms with Gasteiger partial charge in [-0.05, 0) is 70.6 Å². The van der Waals surface area contributed by atoms with Gasteiger partial charge in [0.2, 0.25) is 5.91 Å². The minimum atomic E-state index is -1.62. The van der Waals surface area contributed by atoms with Crippen molar-refractivity contribution in [3.8, 4) is 0 Å². The standard InChI is InChI=1S/C64H115NO10/c1-4-7-10-13-16-19-22-24-25-26-27-28-29-30-31-32-33-35-37-40-43-46-49-52-59(69)75-62-61(71)60(70)58(53-66)74-64(62)73-54-55(56(67)50-47-44-41-39-36-34-23-20-17-14-11-8-5-2)65-63(72)57(68)51-48-45-42-38-21-18-15-12-9-6-3/h16,19,24-25,27-28,30-31,47,50,55-58,60-62,64,66-68,70-71H,4-15,17-18,20-23,26,29,32-46,48-49,51-54H2,1-3H3,(H,65,72)/b19-16-,25-24-,28-27-,31-30-,50-47+. The Labute approximate surface area is 458 Å². The van der Waals surface area contributed by atoms with E-state index < -0.39 is 67.4 Å². The number of amides is 1. The first-order valence-corrected chi connectivity index (χ1v) is 31.1. The molecule has 0 radical (unpaired) electrons. The summed E-state index contributed by atoms with van der Waals surface area (Å²) in [7, 11) is 0. The van der Waals surface area contributed by atoms with Crippen LogP contribution in [0.4, 0.5) is 0 Å². The Morgan fingerprint density at radius 1 is 0.520 bits per heavy atom. The lowest BCUT2D eigenvalue weighted by Gasteiger charge is -2.41. The molecule has 8 atom stereocenters. The van der Waals surface area contributed by atoms with Crippen LogP contribution in [-0.4, -0.2) is 99.6 Å². The number of aliphatic hydroxyl groups is 5. The van der Waals surface area contributed by atoms with Gasteiger partial charge in [-0.15, -0.1) is 0 Å². The Kier molecular flexibility index (Phi) is 48.9. The van der Waals surface area contributed by atoms with Gasteiger partial charge in [0.05, 0.1) is 25.4 Å². The van der Waals surface area contributed by atoms with Crippen molar-refractivity contribution in [3.05, 3.63) is 60.8 Å². The molecule has 11 heteroatoms. The molecule has 75 heavy (non-hydrogen) atoms. The Balaban J connectivity index is 2.64. The van der Waals surface area contributed by atoms with Crippen molar-refractivity contribution in [3.63, 3.8) is 0 Å². The highest BCUT2D eigenvalue weighted by atomic mass is 16.7. The summed E-state index contributed by atoms with van der Waals surface area (Å²) >= 11 is 0. The number of allylic oxidation sites excluding steroid dienone is 9. The summed E-state index contributed by atoms with van der Waals surface area (Å²) in [5.41, 5.74) is 0. The van der Waals surface area contributed by atoms with Crippen LogP contribution in [0, 0.1) is 0 Å². The molecule has 0 aromatic carbocycles. The molecule has 436 valence electrons. The zero-order valence-electron chi connectivity index (χ0n) is 48.2. The van der Waals surface area contributed by atoms with E-state index in [1.165, 1.54) is 122 Å². The topological polar surface area (TPSA) is 175 Å². The highest BCUT2D eigenvalue weighted by Crippen LogP contribution is 2.26. The van der Waals surface area contributed by atoms with Crippen LogP contribution in [0.5, 0.6) is 0 Å². The van der Waals surface area contributed by atoms with Gasteiger partial charge in [-0.2, -0.15) is 0 Å². The van der Waals surface area contributed by atoms with Crippen LogP contribution in [0.2, 0.25) is 0 Å². The highest BCUT2D eigenvalue weighted by molar-refractivity contribution is 5.80. The van der Waals surface area contributed by atoms with Gasteiger partial charge in [0.1, 0.15) is 24.4 Å². The molecular formula is C64H115NO10. The first-order chi connectivity index (χ1) is 36.7. The van der Waals surface area contributed by atoms with E-state index in [4.69, 9.17) is 14.2 Å². The molecular weight excluding hydrogens is 943 g/mol. The lowest BCUT2D eigenvalue weighted by atomic mass is 9.99. The third-order valence-electron chi connectivity index (χ3n) is 14.4. The molecule has 0 spiro atoms. The molecule has 0 saturated carbocycles. The molecule has 1 amide bonds. The highest BCUT2D eigenvalue weighted by Gasteiger charge is 2.47. The summed E-state index contributed by atoms with van der Waals surface area (Å²) in [6, 6.07) is -1.02. The van der Waals surface area contributed by atoms with Crippen molar-refractivity contribution in [1.82, 2.24) is 5.32 Å². The zero-order valence-corrected chi connectivity index (χ0v) is 48.2. The van der Waals surface area contributed by atoms with Crippen molar-refractivity contribution in [2.45, 2.75) is 320 Å². The third-order valence-corrected chi connectivity index (χ3v) is 14.4. The van der Waals surface area contributed by atoms with Gasteiger partial charge >= 0.3 is 5.97 Å². The van der Waals surface area contributed by atoms with Gasteiger partial charge in [-0.25, -0.2) is 0 Å². The van der Waals surface area contributed by atoms with E-state index in [9.17, 15) is 35.1 Å². The van der Waals surface area contributed by atoms with E-state index in [-0.39, 0.29) is 13.0 Å².